The van der Waals surface area contributed by atoms with Crippen molar-refractivity contribution in [2.24, 2.45) is 0 Å². The standard InChI is InChI=1S/C13H17ClN2O3/c1-9-2-3-10(6-11(9)14)16-12(17)15-7-13(18)4-5-19-8-13/h2-3,6,18H,4-5,7-8H2,1H3,(H2,15,16,17). The van der Waals surface area contributed by atoms with Crippen LogP contribution in [0.25, 0.3) is 0 Å². The molecule has 1 aliphatic rings. The SMILES string of the molecule is Cc1ccc(NC(=O)NCC2(O)CCOC2)cc1Cl. The number of benzene rings is 1. The van der Waals surface area contributed by atoms with E-state index in [4.69, 9.17) is 16.3 Å². The van der Waals surface area contributed by atoms with Crippen LogP contribution in [0.5, 0.6) is 0 Å². The maximum absolute atomic E-state index is 11.7. The summed E-state index contributed by atoms with van der Waals surface area (Å²) in [5.41, 5.74) is 0.607. The summed E-state index contributed by atoms with van der Waals surface area (Å²) < 4.78 is 5.10. The van der Waals surface area contributed by atoms with Crippen LogP contribution in [-0.4, -0.2) is 36.5 Å². The molecule has 2 rings (SSSR count). The zero-order valence-electron chi connectivity index (χ0n) is 10.7. The molecule has 0 bridgehead atoms. The minimum absolute atomic E-state index is 0.165. The van der Waals surface area contributed by atoms with Gasteiger partial charge in [-0.2, -0.15) is 0 Å². The second-order valence-electron chi connectivity index (χ2n) is 4.80. The first-order chi connectivity index (χ1) is 8.98. The average molecular weight is 285 g/mol. The molecule has 3 N–H and O–H groups in total. The number of hydrogen-bond donors (Lipinski definition) is 3. The van der Waals surface area contributed by atoms with Crippen molar-refractivity contribution in [3.63, 3.8) is 0 Å². The first-order valence-corrected chi connectivity index (χ1v) is 6.47. The van der Waals surface area contributed by atoms with Crippen molar-refractivity contribution >= 4 is 23.3 Å². The normalized spacial score (nSPS) is 22.3. The van der Waals surface area contributed by atoms with E-state index < -0.39 is 5.60 Å². The average Bonchev–Trinajstić information content (AvgIpc) is 2.79. The van der Waals surface area contributed by atoms with Gasteiger partial charge in [0.05, 0.1) is 13.2 Å². The number of ether oxygens (including phenoxy) is 1. The van der Waals surface area contributed by atoms with Crippen LogP contribution in [0.15, 0.2) is 18.2 Å². The largest absolute Gasteiger partial charge is 0.386 e. The number of carbonyl (C=O) groups is 1. The van der Waals surface area contributed by atoms with E-state index in [0.29, 0.717) is 23.7 Å². The van der Waals surface area contributed by atoms with Gasteiger partial charge in [-0.25, -0.2) is 4.79 Å². The Bertz CT molecular complexity index is 473. The molecule has 1 aromatic carbocycles. The van der Waals surface area contributed by atoms with Crippen molar-refractivity contribution < 1.29 is 14.6 Å². The van der Waals surface area contributed by atoms with Crippen LogP contribution >= 0.6 is 11.6 Å². The molecule has 1 aromatic rings. The van der Waals surface area contributed by atoms with E-state index in [9.17, 15) is 9.90 Å². The fraction of sp³-hybridized carbons (Fsp3) is 0.462. The highest BCUT2D eigenvalue weighted by molar-refractivity contribution is 6.31. The maximum atomic E-state index is 11.7. The van der Waals surface area contributed by atoms with Gasteiger partial charge in [-0.15, -0.1) is 0 Å². The molecule has 0 radical (unpaired) electrons. The second-order valence-corrected chi connectivity index (χ2v) is 5.21. The molecule has 2 amide bonds. The first-order valence-electron chi connectivity index (χ1n) is 6.10. The lowest BCUT2D eigenvalue weighted by atomic mass is 10.0. The van der Waals surface area contributed by atoms with Gasteiger partial charge in [-0.3, -0.25) is 0 Å². The molecule has 1 heterocycles. The van der Waals surface area contributed by atoms with Crippen molar-refractivity contribution in [1.29, 1.82) is 0 Å². The zero-order valence-corrected chi connectivity index (χ0v) is 11.5. The third-order valence-corrected chi connectivity index (χ3v) is 3.50. The molecule has 0 saturated carbocycles. The van der Waals surface area contributed by atoms with E-state index >= 15 is 0 Å². The van der Waals surface area contributed by atoms with Gasteiger partial charge in [-0.1, -0.05) is 17.7 Å². The zero-order chi connectivity index (χ0) is 13.9. The molecule has 1 unspecified atom stereocenters. The number of rotatable bonds is 3. The quantitative estimate of drug-likeness (QED) is 0.794. The lowest BCUT2D eigenvalue weighted by molar-refractivity contribution is 0.0295. The Labute approximate surface area is 116 Å². The third kappa shape index (κ3) is 3.83. The number of aryl methyl sites for hydroxylation is 1. The van der Waals surface area contributed by atoms with Crippen molar-refractivity contribution in [2.75, 3.05) is 25.1 Å². The van der Waals surface area contributed by atoms with E-state index in [1.807, 2.05) is 13.0 Å². The summed E-state index contributed by atoms with van der Waals surface area (Å²) in [5.74, 6) is 0. The highest BCUT2D eigenvalue weighted by Crippen LogP contribution is 2.20. The fourth-order valence-electron chi connectivity index (χ4n) is 1.83. The number of carbonyl (C=O) groups excluding carboxylic acids is 1. The summed E-state index contributed by atoms with van der Waals surface area (Å²) >= 11 is 5.97. The third-order valence-electron chi connectivity index (χ3n) is 3.09. The van der Waals surface area contributed by atoms with Gasteiger partial charge >= 0.3 is 6.03 Å². The van der Waals surface area contributed by atoms with E-state index in [0.717, 1.165) is 5.56 Å². The molecular weight excluding hydrogens is 268 g/mol. The van der Waals surface area contributed by atoms with Crippen molar-refractivity contribution in [3.05, 3.63) is 28.8 Å². The molecule has 0 spiro atoms. The van der Waals surface area contributed by atoms with E-state index in [-0.39, 0.29) is 19.2 Å². The summed E-state index contributed by atoms with van der Waals surface area (Å²) in [6.07, 6.45) is 0.531. The van der Waals surface area contributed by atoms with Crippen LogP contribution in [0.2, 0.25) is 5.02 Å². The molecule has 5 nitrogen and oxygen atoms in total. The maximum Gasteiger partial charge on any atom is 0.319 e. The lowest BCUT2D eigenvalue weighted by Crippen LogP contribution is -2.44. The number of nitrogens with one attached hydrogen (secondary N) is 2. The molecule has 19 heavy (non-hydrogen) atoms. The number of anilines is 1. The number of halogens is 1. The number of aliphatic hydroxyl groups is 1. The van der Waals surface area contributed by atoms with Gasteiger partial charge in [0.2, 0.25) is 0 Å². The predicted octanol–water partition coefficient (Wildman–Crippen LogP) is 1.92. The summed E-state index contributed by atoms with van der Waals surface area (Å²) in [5, 5.41) is 15.9. The molecule has 1 atom stereocenters. The molecule has 0 aromatic heterocycles. The summed E-state index contributed by atoms with van der Waals surface area (Å²) in [6.45, 7) is 2.83. The lowest BCUT2D eigenvalue weighted by Gasteiger charge is -2.20. The van der Waals surface area contributed by atoms with Gasteiger partial charge in [0.25, 0.3) is 0 Å². The van der Waals surface area contributed by atoms with Gasteiger partial charge in [0.1, 0.15) is 5.60 Å². The molecule has 0 aliphatic carbocycles. The van der Waals surface area contributed by atoms with Gasteiger partial charge in [-0.05, 0) is 24.6 Å². The summed E-state index contributed by atoms with van der Waals surface area (Å²) in [7, 11) is 0. The Morgan fingerprint density at radius 1 is 1.58 bits per heavy atom. The van der Waals surface area contributed by atoms with Crippen LogP contribution in [0.4, 0.5) is 10.5 Å². The first kappa shape index (κ1) is 14.1. The van der Waals surface area contributed by atoms with Crippen LogP contribution in [0.1, 0.15) is 12.0 Å². The highest BCUT2D eigenvalue weighted by Gasteiger charge is 2.32. The minimum atomic E-state index is -0.956. The molecular formula is C13H17ClN2O3. The van der Waals surface area contributed by atoms with Gasteiger partial charge in [0.15, 0.2) is 0 Å². The molecule has 1 saturated heterocycles. The van der Waals surface area contributed by atoms with E-state index in [1.54, 1.807) is 12.1 Å². The topological polar surface area (TPSA) is 70.6 Å². The Hall–Kier alpha value is -1.30. The van der Waals surface area contributed by atoms with E-state index in [2.05, 4.69) is 10.6 Å². The predicted molar refractivity (Wildman–Crippen MR) is 73.6 cm³/mol. The summed E-state index contributed by atoms with van der Waals surface area (Å²) in [6, 6.07) is 4.91. The highest BCUT2D eigenvalue weighted by atomic mass is 35.5. The molecule has 6 heteroatoms. The van der Waals surface area contributed by atoms with Crippen molar-refractivity contribution in [1.82, 2.24) is 5.32 Å². The fourth-order valence-corrected chi connectivity index (χ4v) is 2.01. The smallest absolute Gasteiger partial charge is 0.319 e. The van der Waals surface area contributed by atoms with E-state index in [1.165, 1.54) is 0 Å². The van der Waals surface area contributed by atoms with Crippen LogP contribution < -0.4 is 10.6 Å². The second kappa shape index (κ2) is 5.77. The van der Waals surface area contributed by atoms with Crippen molar-refractivity contribution in [2.45, 2.75) is 18.9 Å². The molecule has 1 aliphatic heterocycles. The Kier molecular flexibility index (Phi) is 4.29. The Balaban J connectivity index is 1.85. The van der Waals surface area contributed by atoms with Crippen LogP contribution in [0.3, 0.4) is 0 Å². The molecule has 104 valence electrons. The van der Waals surface area contributed by atoms with Crippen LogP contribution in [-0.2, 0) is 4.74 Å². The number of hydrogen-bond acceptors (Lipinski definition) is 3. The monoisotopic (exact) mass is 284 g/mol. The Morgan fingerprint density at radius 3 is 3.00 bits per heavy atom. The van der Waals surface area contributed by atoms with Crippen LogP contribution in [0, 0.1) is 6.92 Å². The Morgan fingerprint density at radius 2 is 2.37 bits per heavy atom. The molecule has 1 fully saturated rings. The minimum Gasteiger partial charge on any atom is -0.386 e. The van der Waals surface area contributed by atoms with Gasteiger partial charge in [0, 0.05) is 23.7 Å². The van der Waals surface area contributed by atoms with Gasteiger partial charge < -0.3 is 20.5 Å². The number of urea groups is 1. The summed E-state index contributed by atoms with van der Waals surface area (Å²) in [4.78, 5) is 11.7. The number of amides is 2. The van der Waals surface area contributed by atoms with Crippen molar-refractivity contribution in [3.8, 4) is 0 Å².